The maximum atomic E-state index is 13.0. The Morgan fingerprint density at radius 1 is 1.33 bits per heavy atom. The second kappa shape index (κ2) is 10.1. The minimum absolute atomic E-state index is 0.0584. The summed E-state index contributed by atoms with van der Waals surface area (Å²) in [6, 6.07) is 10.2. The number of aryl methyl sites for hydroxylation is 1. The van der Waals surface area contributed by atoms with E-state index in [0.717, 1.165) is 44.0 Å². The number of benzene rings is 1. The van der Waals surface area contributed by atoms with Crippen molar-refractivity contribution in [3.63, 3.8) is 0 Å². The van der Waals surface area contributed by atoms with Gasteiger partial charge in [-0.3, -0.25) is 9.48 Å². The quantitative estimate of drug-likeness (QED) is 0.665. The molecule has 6 nitrogen and oxygen atoms in total. The van der Waals surface area contributed by atoms with Crippen LogP contribution in [0.15, 0.2) is 30.3 Å². The fourth-order valence-electron chi connectivity index (χ4n) is 4.33. The molecule has 0 bridgehead atoms. The van der Waals surface area contributed by atoms with E-state index in [1.807, 2.05) is 37.2 Å². The lowest BCUT2D eigenvalue weighted by atomic mass is 9.97. The van der Waals surface area contributed by atoms with Crippen LogP contribution < -0.4 is 4.74 Å². The zero-order chi connectivity index (χ0) is 21.7. The zero-order valence-corrected chi connectivity index (χ0v) is 19.1. The molecular formula is C24H36N4O2. The summed E-state index contributed by atoms with van der Waals surface area (Å²) in [7, 11) is 5.50. The normalized spacial score (nSPS) is 17.3. The number of ether oxygens (including phenoxy) is 1. The van der Waals surface area contributed by atoms with E-state index in [-0.39, 0.29) is 5.91 Å². The molecule has 2 aromatic rings. The number of methoxy groups -OCH3 is 1. The summed E-state index contributed by atoms with van der Waals surface area (Å²) in [6.45, 7) is 8.17. The van der Waals surface area contributed by atoms with E-state index in [2.05, 4.69) is 36.0 Å². The molecule has 1 aromatic carbocycles. The van der Waals surface area contributed by atoms with Gasteiger partial charge in [0.05, 0.1) is 12.8 Å². The Balaban J connectivity index is 1.54. The van der Waals surface area contributed by atoms with Crippen molar-refractivity contribution < 1.29 is 9.53 Å². The number of hydrogen-bond acceptors (Lipinski definition) is 4. The number of carbonyl (C=O) groups excluding carboxylic acids is 1. The van der Waals surface area contributed by atoms with Crippen molar-refractivity contribution in [2.45, 2.75) is 39.0 Å². The van der Waals surface area contributed by atoms with Crippen LogP contribution >= 0.6 is 0 Å². The van der Waals surface area contributed by atoms with Crippen molar-refractivity contribution in [1.29, 1.82) is 0 Å². The Hall–Kier alpha value is -2.34. The van der Waals surface area contributed by atoms with E-state index in [4.69, 9.17) is 4.74 Å². The average Bonchev–Trinajstić information content (AvgIpc) is 3.14. The predicted octanol–water partition coefficient (Wildman–Crippen LogP) is 3.58. The molecule has 0 N–H and O–H groups in total. The first-order valence-corrected chi connectivity index (χ1v) is 11.0. The van der Waals surface area contributed by atoms with Crippen LogP contribution in [-0.4, -0.2) is 65.8 Å². The Labute approximate surface area is 180 Å². The first-order chi connectivity index (χ1) is 14.4. The number of amides is 1. The molecule has 1 saturated heterocycles. The Kier molecular flexibility index (Phi) is 7.53. The molecule has 0 radical (unpaired) electrons. The minimum atomic E-state index is 0.0584. The molecule has 0 aliphatic carbocycles. The molecule has 0 saturated carbocycles. The largest absolute Gasteiger partial charge is 0.496 e. The Morgan fingerprint density at radius 2 is 2.10 bits per heavy atom. The summed E-state index contributed by atoms with van der Waals surface area (Å²) in [4.78, 5) is 17.4. The molecule has 2 heterocycles. The number of carbonyl (C=O) groups is 1. The van der Waals surface area contributed by atoms with Gasteiger partial charge < -0.3 is 14.5 Å². The van der Waals surface area contributed by atoms with Gasteiger partial charge in [0, 0.05) is 33.7 Å². The first-order valence-electron chi connectivity index (χ1n) is 11.0. The molecule has 1 fully saturated rings. The SMILES string of the molecule is COc1ccccc1CCN1CCCC(CN(C)C(=O)c2cc(C(C)C)nn2C)C1. The summed E-state index contributed by atoms with van der Waals surface area (Å²) >= 11 is 0. The van der Waals surface area contributed by atoms with Crippen LogP contribution in [0.4, 0.5) is 0 Å². The van der Waals surface area contributed by atoms with Crippen molar-refractivity contribution in [2.75, 3.05) is 40.3 Å². The van der Waals surface area contributed by atoms with E-state index in [1.165, 1.54) is 18.4 Å². The highest BCUT2D eigenvalue weighted by Crippen LogP contribution is 2.22. The topological polar surface area (TPSA) is 50.6 Å². The lowest BCUT2D eigenvalue weighted by molar-refractivity contribution is 0.0719. The number of piperidine rings is 1. The number of hydrogen-bond donors (Lipinski definition) is 0. The molecule has 30 heavy (non-hydrogen) atoms. The number of rotatable bonds is 8. The zero-order valence-electron chi connectivity index (χ0n) is 19.1. The fourth-order valence-corrected chi connectivity index (χ4v) is 4.33. The van der Waals surface area contributed by atoms with Crippen molar-refractivity contribution in [1.82, 2.24) is 19.6 Å². The minimum Gasteiger partial charge on any atom is -0.496 e. The van der Waals surface area contributed by atoms with Crippen LogP contribution in [0.5, 0.6) is 5.75 Å². The summed E-state index contributed by atoms with van der Waals surface area (Å²) in [5.41, 5.74) is 2.89. The maximum absolute atomic E-state index is 13.0. The van der Waals surface area contributed by atoms with Gasteiger partial charge in [0.25, 0.3) is 5.91 Å². The van der Waals surface area contributed by atoms with Crippen LogP contribution in [0, 0.1) is 5.92 Å². The summed E-state index contributed by atoms with van der Waals surface area (Å²) in [5, 5.41) is 4.49. The molecule has 1 amide bonds. The molecule has 0 spiro atoms. The molecule has 1 unspecified atom stereocenters. The van der Waals surface area contributed by atoms with E-state index < -0.39 is 0 Å². The highest BCUT2D eigenvalue weighted by atomic mass is 16.5. The Morgan fingerprint density at radius 3 is 2.80 bits per heavy atom. The second-order valence-corrected chi connectivity index (χ2v) is 8.79. The van der Waals surface area contributed by atoms with Crippen molar-refractivity contribution in [2.24, 2.45) is 13.0 Å². The van der Waals surface area contributed by atoms with Crippen LogP contribution in [0.1, 0.15) is 54.4 Å². The van der Waals surface area contributed by atoms with E-state index in [1.54, 1.807) is 11.8 Å². The average molecular weight is 413 g/mol. The monoisotopic (exact) mass is 412 g/mol. The van der Waals surface area contributed by atoms with Crippen LogP contribution in [0.2, 0.25) is 0 Å². The molecule has 6 heteroatoms. The van der Waals surface area contributed by atoms with Gasteiger partial charge >= 0.3 is 0 Å². The van der Waals surface area contributed by atoms with E-state index >= 15 is 0 Å². The number of para-hydroxylation sites is 1. The Bertz CT molecular complexity index is 845. The smallest absolute Gasteiger partial charge is 0.271 e. The van der Waals surface area contributed by atoms with Crippen molar-refractivity contribution in [3.8, 4) is 5.75 Å². The van der Waals surface area contributed by atoms with Crippen molar-refractivity contribution in [3.05, 3.63) is 47.3 Å². The number of likely N-dealkylation sites (tertiary alicyclic amines) is 1. The third-order valence-electron chi connectivity index (χ3n) is 6.08. The van der Waals surface area contributed by atoms with Gasteiger partial charge in [-0.25, -0.2) is 0 Å². The highest BCUT2D eigenvalue weighted by Gasteiger charge is 2.25. The number of nitrogens with zero attached hydrogens (tertiary/aromatic N) is 4. The van der Waals surface area contributed by atoms with Crippen molar-refractivity contribution >= 4 is 5.91 Å². The lowest BCUT2D eigenvalue weighted by Crippen LogP contribution is -2.42. The second-order valence-electron chi connectivity index (χ2n) is 8.79. The summed E-state index contributed by atoms with van der Waals surface area (Å²) in [6.07, 6.45) is 3.34. The van der Waals surface area contributed by atoms with Gasteiger partial charge in [0.2, 0.25) is 0 Å². The van der Waals surface area contributed by atoms with Gasteiger partial charge in [-0.1, -0.05) is 32.0 Å². The third-order valence-corrected chi connectivity index (χ3v) is 6.08. The molecule has 164 valence electrons. The van der Waals surface area contributed by atoms with Gasteiger partial charge in [-0.2, -0.15) is 5.10 Å². The standard InChI is InChI=1S/C24H36N4O2/c1-18(2)21-15-22(27(4)25-21)24(29)26(3)16-19-9-8-13-28(17-19)14-12-20-10-6-7-11-23(20)30-5/h6-7,10-11,15,18-19H,8-9,12-14,16-17H2,1-5H3. The first kappa shape index (κ1) is 22.3. The summed E-state index contributed by atoms with van der Waals surface area (Å²) in [5.74, 6) is 1.85. The molecule has 1 atom stereocenters. The molecular weight excluding hydrogens is 376 g/mol. The molecule has 1 aromatic heterocycles. The highest BCUT2D eigenvalue weighted by molar-refractivity contribution is 5.92. The fraction of sp³-hybridized carbons (Fsp3) is 0.583. The third kappa shape index (κ3) is 5.42. The van der Waals surface area contributed by atoms with Gasteiger partial charge in [-0.05, 0) is 55.3 Å². The van der Waals surface area contributed by atoms with Crippen LogP contribution in [0.25, 0.3) is 0 Å². The summed E-state index contributed by atoms with van der Waals surface area (Å²) < 4.78 is 7.20. The van der Waals surface area contributed by atoms with E-state index in [9.17, 15) is 4.79 Å². The maximum Gasteiger partial charge on any atom is 0.271 e. The predicted molar refractivity (Wildman–Crippen MR) is 120 cm³/mol. The number of aromatic nitrogens is 2. The van der Waals surface area contributed by atoms with Crippen LogP contribution in [-0.2, 0) is 13.5 Å². The molecule has 1 aliphatic heterocycles. The van der Waals surface area contributed by atoms with Crippen LogP contribution in [0.3, 0.4) is 0 Å². The van der Waals surface area contributed by atoms with E-state index in [0.29, 0.717) is 17.5 Å². The van der Waals surface area contributed by atoms with Gasteiger partial charge in [-0.15, -0.1) is 0 Å². The van der Waals surface area contributed by atoms with Gasteiger partial charge in [0.15, 0.2) is 0 Å². The molecule has 3 rings (SSSR count). The lowest BCUT2D eigenvalue weighted by Gasteiger charge is -2.34. The molecule has 1 aliphatic rings. The van der Waals surface area contributed by atoms with Gasteiger partial charge in [0.1, 0.15) is 11.4 Å².